The average Bonchev–Trinajstić information content (AvgIpc) is 3.05. The van der Waals surface area contributed by atoms with Crippen molar-refractivity contribution in [3.8, 4) is 0 Å². The van der Waals surface area contributed by atoms with E-state index < -0.39 is 0 Å². The zero-order valence-electron chi connectivity index (χ0n) is 14.7. The van der Waals surface area contributed by atoms with Crippen molar-refractivity contribution in [2.24, 2.45) is 0 Å². The van der Waals surface area contributed by atoms with Crippen molar-refractivity contribution in [1.29, 1.82) is 0 Å². The van der Waals surface area contributed by atoms with E-state index in [-0.39, 0.29) is 0 Å². The highest BCUT2D eigenvalue weighted by Crippen LogP contribution is 2.28. The minimum absolute atomic E-state index is 0.410. The highest BCUT2D eigenvalue weighted by Gasteiger charge is 2.26. The molecule has 8 nitrogen and oxygen atoms in total. The van der Waals surface area contributed by atoms with Gasteiger partial charge in [0.1, 0.15) is 12.1 Å². The molecular formula is C18H22N8. The van der Waals surface area contributed by atoms with E-state index in [1.54, 1.807) is 6.33 Å². The van der Waals surface area contributed by atoms with E-state index in [1.165, 1.54) is 12.0 Å². The topological polar surface area (TPSA) is 75.3 Å². The molecular weight excluding hydrogens is 328 g/mol. The molecule has 0 saturated carbocycles. The summed E-state index contributed by atoms with van der Waals surface area (Å²) in [4.78, 5) is 13.0. The van der Waals surface area contributed by atoms with Gasteiger partial charge in [0.05, 0.1) is 0 Å². The maximum absolute atomic E-state index is 4.81. The molecule has 0 bridgehead atoms. The number of nitrogens with zero attached hydrogens (tertiary/aromatic N) is 8. The van der Waals surface area contributed by atoms with Crippen LogP contribution < -0.4 is 4.90 Å². The Hall–Kier alpha value is -2.61. The molecule has 0 atom stereocenters. The fourth-order valence-corrected chi connectivity index (χ4v) is 3.78. The van der Waals surface area contributed by atoms with Gasteiger partial charge >= 0.3 is 0 Å². The Kier molecular flexibility index (Phi) is 3.97. The first kappa shape index (κ1) is 15.6. The Balaban J connectivity index is 1.30. The highest BCUT2D eigenvalue weighted by atomic mass is 15.4. The van der Waals surface area contributed by atoms with Gasteiger partial charge in [-0.25, -0.2) is 9.97 Å². The van der Waals surface area contributed by atoms with Crippen LogP contribution >= 0.6 is 0 Å². The minimum atomic E-state index is 0.410. The number of hydrogen-bond donors (Lipinski definition) is 0. The van der Waals surface area contributed by atoms with Gasteiger partial charge in [0, 0.05) is 43.5 Å². The summed E-state index contributed by atoms with van der Waals surface area (Å²) in [6.45, 7) is 5.18. The second-order valence-corrected chi connectivity index (χ2v) is 7.16. The predicted molar refractivity (Wildman–Crippen MR) is 96.9 cm³/mol. The lowest BCUT2D eigenvalue weighted by Gasteiger charge is -2.32. The second kappa shape index (κ2) is 6.60. The van der Waals surface area contributed by atoms with Crippen molar-refractivity contribution < 1.29 is 0 Å². The van der Waals surface area contributed by atoms with E-state index in [0.717, 1.165) is 62.9 Å². The Bertz CT molecular complexity index is 881. The molecule has 0 aliphatic carbocycles. The van der Waals surface area contributed by atoms with Crippen LogP contribution in [0.15, 0.2) is 30.9 Å². The second-order valence-electron chi connectivity index (χ2n) is 7.16. The molecule has 0 radical (unpaired) electrons. The summed E-state index contributed by atoms with van der Waals surface area (Å²) in [6, 6.07) is 4.08. The lowest BCUT2D eigenvalue weighted by Crippen LogP contribution is -2.38. The zero-order chi connectivity index (χ0) is 17.3. The maximum atomic E-state index is 4.81. The molecule has 2 saturated heterocycles. The third-order valence-corrected chi connectivity index (χ3v) is 5.43. The standard InChI is InChI=1S/C18H22N8/c1-6-25(7-1)17-3-2-16-21-22-18(26(16)23-17)15-4-8-24(9-5-15)12-14-10-19-13-20-11-14/h2-3,10-11,13,15H,1,4-9,12H2. The Labute approximate surface area is 151 Å². The molecule has 134 valence electrons. The molecule has 5 rings (SSSR count). The van der Waals surface area contributed by atoms with Crippen LogP contribution in [-0.2, 0) is 6.54 Å². The summed E-state index contributed by atoms with van der Waals surface area (Å²) >= 11 is 0. The van der Waals surface area contributed by atoms with Crippen molar-refractivity contribution in [1.82, 2.24) is 34.7 Å². The van der Waals surface area contributed by atoms with Crippen molar-refractivity contribution in [2.75, 3.05) is 31.1 Å². The van der Waals surface area contributed by atoms with Gasteiger partial charge in [0.15, 0.2) is 11.5 Å². The van der Waals surface area contributed by atoms with E-state index in [9.17, 15) is 0 Å². The molecule has 0 spiro atoms. The molecule has 3 aromatic heterocycles. The molecule has 3 aromatic rings. The summed E-state index contributed by atoms with van der Waals surface area (Å²) in [6.07, 6.45) is 8.76. The van der Waals surface area contributed by atoms with Crippen LogP contribution in [0.3, 0.4) is 0 Å². The summed E-state index contributed by atoms with van der Waals surface area (Å²) in [5.41, 5.74) is 2.01. The number of hydrogen-bond acceptors (Lipinski definition) is 7. The van der Waals surface area contributed by atoms with Gasteiger partial charge in [0.2, 0.25) is 0 Å². The van der Waals surface area contributed by atoms with Gasteiger partial charge in [-0.1, -0.05) is 0 Å². The number of fused-ring (bicyclic) bond motifs is 1. The van der Waals surface area contributed by atoms with E-state index in [0.29, 0.717) is 5.92 Å². The monoisotopic (exact) mass is 350 g/mol. The normalized spacial score (nSPS) is 19.0. The molecule has 8 heteroatoms. The van der Waals surface area contributed by atoms with E-state index >= 15 is 0 Å². The van der Waals surface area contributed by atoms with Crippen LogP contribution in [0.25, 0.3) is 5.65 Å². The number of rotatable bonds is 4. The van der Waals surface area contributed by atoms with E-state index in [1.807, 2.05) is 23.0 Å². The number of aromatic nitrogens is 6. The SMILES string of the molecule is c1ncc(CN2CCC(c3nnc4ccc(N5CCC5)nn34)CC2)cn1. The summed E-state index contributed by atoms with van der Waals surface area (Å²) in [5.74, 6) is 2.45. The predicted octanol–water partition coefficient (Wildman–Crippen LogP) is 1.50. The van der Waals surface area contributed by atoms with Gasteiger partial charge in [-0.3, -0.25) is 4.90 Å². The molecule has 26 heavy (non-hydrogen) atoms. The number of piperidine rings is 1. The molecule has 0 aromatic carbocycles. The third-order valence-electron chi connectivity index (χ3n) is 5.43. The Morgan fingerprint density at radius 3 is 2.50 bits per heavy atom. The Morgan fingerprint density at radius 1 is 0.962 bits per heavy atom. The third kappa shape index (κ3) is 2.90. The lowest BCUT2D eigenvalue weighted by atomic mass is 9.96. The van der Waals surface area contributed by atoms with Crippen LogP contribution in [0.1, 0.15) is 36.6 Å². The largest absolute Gasteiger partial charge is 0.355 e. The number of anilines is 1. The van der Waals surface area contributed by atoms with Crippen molar-refractivity contribution in [3.05, 3.63) is 42.2 Å². The first-order valence-corrected chi connectivity index (χ1v) is 9.30. The maximum Gasteiger partial charge on any atom is 0.178 e. The molecule has 2 fully saturated rings. The van der Waals surface area contributed by atoms with Crippen molar-refractivity contribution >= 4 is 11.5 Å². The number of likely N-dealkylation sites (tertiary alicyclic amines) is 1. The lowest BCUT2D eigenvalue weighted by molar-refractivity contribution is 0.200. The fourth-order valence-electron chi connectivity index (χ4n) is 3.78. The van der Waals surface area contributed by atoms with Gasteiger partial charge in [0.25, 0.3) is 0 Å². The summed E-state index contributed by atoms with van der Waals surface area (Å²) in [7, 11) is 0. The smallest absolute Gasteiger partial charge is 0.178 e. The van der Waals surface area contributed by atoms with E-state index in [2.05, 4.69) is 36.0 Å². The van der Waals surface area contributed by atoms with Gasteiger partial charge in [-0.15, -0.1) is 15.3 Å². The van der Waals surface area contributed by atoms with Gasteiger partial charge < -0.3 is 4.90 Å². The summed E-state index contributed by atoms with van der Waals surface area (Å²) < 4.78 is 1.96. The quantitative estimate of drug-likeness (QED) is 0.706. The van der Waals surface area contributed by atoms with Crippen LogP contribution in [0.2, 0.25) is 0 Å². The first-order valence-electron chi connectivity index (χ1n) is 9.30. The molecule has 0 amide bonds. The van der Waals surface area contributed by atoms with Crippen LogP contribution in [0, 0.1) is 0 Å². The van der Waals surface area contributed by atoms with Gasteiger partial charge in [-0.2, -0.15) is 4.52 Å². The Morgan fingerprint density at radius 2 is 1.77 bits per heavy atom. The van der Waals surface area contributed by atoms with Crippen molar-refractivity contribution in [2.45, 2.75) is 31.7 Å². The fraction of sp³-hybridized carbons (Fsp3) is 0.500. The van der Waals surface area contributed by atoms with E-state index in [4.69, 9.17) is 5.10 Å². The van der Waals surface area contributed by atoms with Crippen LogP contribution in [0.5, 0.6) is 0 Å². The van der Waals surface area contributed by atoms with Crippen molar-refractivity contribution in [3.63, 3.8) is 0 Å². The molecule has 0 N–H and O–H groups in total. The zero-order valence-corrected chi connectivity index (χ0v) is 14.7. The van der Waals surface area contributed by atoms with Crippen LogP contribution in [0.4, 0.5) is 5.82 Å². The first-order chi connectivity index (χ1) is 12.9. The summed E-state index contributed by atoms with van der Waals surface area (Å²) in [5, 5.41) is 13.6. The average molecular weight is 350 g/mol. The molecule has 2 aliphatic heterocycles. The molecule has 2 aliphatic rings. The molecule has 0 unspecified atom stereocenters. The molecule has 5 heterocycles. The van der Waals surface area contributed by atoms with Crippen LogP contribution in [-0.4, -0.2) is 60.9 Å². The van der Waals surface area contributed by atoms with Gasteiger partial charge in [-0.05, 0) is 44.5 Å². The minimum Gasteiger partial charge on any atom is -0.355 e. The highest BCUT2D eigenvalue weighted by molar-refractivity contribution is 5.47.